The van der Waals surface area contributed by atoms with Crippen LogP contribution in [0.5, 0.6) is 17.2 Å². The van der Waals surface area contributed by atoms with Gasteiger partial charge in [0.15, 0.2) is 0 Å². The minimum absolute atomic E-state index is 0.0722. The van der Waals surface area contributed by atoms with Crippen LogP contribution in [-0.4, -0.2) is 29.0 Å². The highest BCUT2D eigenvalue weighted by atomic mass is 16.5. The average Bonchev–Trinajstić information content (AvgIpc) is 3.49. The maximum atomic E-state index is 11.1. The van der Waals surface area contributed by atoms with Gasteiger partial charge in [0.05, 0.1) is 19.3 Å². The molecule has 7 heteroatoms. The number of carboxylic acids is 1. The average molecular weight is 466 g/mol. The first kappa shape index (κ1) is 22.0. The summed E-state index contributed by atoms with van der Waals surface area (Å²) in [6.45, 7) is 0.415. The molecule has 0 spiro atoms. The van der Waals surface area contributed by atoms with Gasteiger partial charge in [-0.25, -0.2) is 4.79 Å². The number of methoxy groups -OCH3 is 1. The maximum Gasteiger partial charge on any atom is 0.371 e. The van der Waals surface area contributed by atoms with Gasteiger partial charge in [-0.1, -0.05) is 24.3 Å². The molecule has 0 fully saturated rings. The molecule has 7 nitrogen and oxygen atoms in total. The van der Waals surface area contributed by atoms with E-state index in [0.29, 0.717) is 23.8 Å². The van der Waals surface area contributed by atoms with Crippen molar-refractivity contribution in [3.63, 3.8) is 0 Å². The minimum Gasteiger partial charge on any atom is -0.497 e. The fourth-order valence-corrected chi connectivity index (χ4v) is 3.80. The number of fused-ring (bicyclic) bond motifs is 1. The number of carbonyl (C=O) groups is 1. The smallest absolute Gasteiger partial charge is 0.371 e. The molecule has 0 saturated heterocycles. The Balaban J connectivity index is 1.34. The van der Waals surface area contributed by atoms with Crippen molar-refractivity contribution in [2.24, 2.45) is 4.99 Å². The molecular weight excluding hydrogens is 444 g/mol. The molecule has 5 aromatic rings. The van der Waals surface area contributed by atoms with E-state index in [-0.39, 0.29) is 5.76 Å². The summed E-state index contributed by atoms with van der Waals surface area (Å²) in [6, 6.07) is 26.1. The fourth-order valence-electron chi connectivity index (χ4n) is 3.80. The largest absolute Gasteiger partial charge is 0.497 e. The highest BCUT2D eigenvalue weighted by Gasteiger charge is 2.12. The molecule has 0 unspecified atom stereocenters. The van der Waals surface area contributed by atoms with Gasteiger partial charge in [-0.3, -0.25) is 4.99 Å². The van der Waals surface area contributed by atoms with Gasteiger partial charge < -0.3 is 23.6 Å². The van der Waals surface area contributed by atoms with Crippen LogP contribution in [0.3, 0.4) is 0 Å². The molecule has 0 amide bonds. The number of carboxylic acid groups (broad SMARTS) is 1. The van der Waals surface area contributed by atoms with E-state index >= 15 is 0 Å². The molecule has 0 aliphatic heterocycles. The lowest BCUT2D eigenvalue weighted by Gasteiger charge is -2.07. The Morgan fingerprint density at radius 2 is 1.77 bits per heavy atom. The van der Waals surface area contributed by atoms with Gasteiger partial charge in [-0.15, -0.1) is 0 Å². The van der Waals surface area contributed by atoms with Gasteiger partial charge >= 0.3 is 5.97 Å². The van der Waals surface area contributed by atoms with Crippen molar-refractivity contribution in [2.75, 3.05) is 7.11 Å². The van der Waals surface area contributed by atoms with Crippen molar-refractivity contribution in [1.82, 2.24) is 4.57 Å². The minimum atomic E-state index is -1.08. The van der Waals surface area contributed by atoms with Gasteiger partial charge in [-0.05, 0) is 54.6 Å². The van der Waals surface area contributed by atoms with Gasteiger partial charge in [0.2, 0.25) is 5.76 Å². The summed E-state index contributed by atoms with van der Waals surface area (Å²) >= 11 is 0. The van der Waals surface area contributed by atoms with Gasteiger partial charge in [0, 0.05) is 34.9 Å². The van der Waals surface area contributed by atoms with Crippen molar-refractivity contribution < 1.29 is 23.8 Å². The number of aliphatic imine (C=N–C) groups is 1. The third-order valence-electron chi connectivity index (χ3n) is 5.48. The number of hydrogen-bond donors (Lipinski definition) is 1. The second-order valence-electron chi connectivity index (χ2n) is 7.83. The van der Waals surface area contributed by atoms with E-state index < -0.39 is 5.97 Å². The number of nitrogens with zero attached hydrogens (tertiary/aromatic N) is 2. The summed E-state index contributed by atoms with van der Waals surface area (Å²) in [5, 5.41) is 10.1. The maximum absolute atomic E-state index is 11.1. The Morgan fingerprint density at radius 3 is 2.54 bits per heavy atom. The molecule has 0 saturated carbocycles. The molecule has 0 aliphatic rings. The normalized spacial score (nSPS) is 11.2. The van der Waals surface area contributed by atoms with Gasteiger partial charge in [0.25, 0.3) is 0 Å². The molecule has 1 N–H and O–H groups in total. The lowest BCUT2D eigenvalue weighted by Crippen LogP contribution is -1.97. The summed E-state index contributed by atoms with van der Waals surface area (Å²) in [6.07, 6.45) is 3.80. The molecule has 0 radical (unpaired) electrons. The number of furan rings is 1. The number of ether oxygens (including phenoxy) is 2. The molecule has 0 aliphatic carbocycles. The molecule has 0 bridgehead atoms. The SMILES string of the molecule is COc1cccc(Oc2ccc(N=Cc3cn(Cc4ccc(C(=O)O)o4)c4ccccc34)cc2)c1. The first-order valence-corrected chi connectivity index (χ1v) is 10.9. The van der Waals surface area contributed by atoms with Crippen LogP contribution in [0, 0.1) is 0 Å². The monoisotopic (exact) mass is 466 g/mol. The zero-order chi connectivity index (χ0) is 24.2. The van der Waals surface area contributed by atoms with Gasteiger partial charge in [-0.2, -0.15) is 0 Å². The van der Waals surface area contributed by atoms with E-state index in [9.17, 15) is 4.79 Å². The summed E-state index contributed by atoms with van der Waals surface area (Å²) in [7, 11) is 1.62. The Kier molecular flexibility index (Phi) is 6.05. The van der Waals surface area contributed by atoms with Gasteiger partial charge in [0.1, 0.15) is 23.0 Å². The van der Waals surface area contributed by atoms with E-state index in [4.69, 9.17) is 19.0 Å². The van der Waals surface area contributed by atoms with Crippen LogP contribution >= 0.6 is 0 Å². The number of para-hydroxylation sites is 1. The van der Waals surface area contributed by atoms with Crippen molar-refractivity contribution in [1.29, 1.82) is 0 Å². The van der Waals surface area contributed by atoms with Crippen LogP contribution in [0.4, 0.5) is 5.69 Å². The molecule has 35 heavy (non-hydrogen) atoms. The zero-order valence-corrected chi connectivity index (χ0v) is 18.9. The molecule has 2 heterocycles. The standard InChI is InChI=1S/C28H22N2O5/c1-33-22-5-4-6-23(15-22)34-21-11-9-20(10-12-21)29-16-19-17-30(26-8-3-2-7-25(19)26)18-24-13-14-27(35-24)28(31)32/h2-17H,18H2,1H3,(H,31,32). The highest BCUT2D eigenvalue weighted by Crippen LogP contribution is 2.27. The van der Waals surface area contributed by atoms with Crippen LogP contribution in [-0.2, 0) is 6.54 Å². The van der Waals surface area contributed by atoms with Crippen molar-refractivity contribution in [3.8, 4) is 17.2 Å². The lowest BCUT2D eigenvalue weighted by molar-refractivity contribution is 0.0660. The van der Waals surface area contributed by atoms with Crippen LogP contribution in [0.25, 0.3) is 10.9 Å². The summed E-state index contributed by atoms with van der Waals surface area (Å²) in [5.74, 6) is 1.54. The van der Waals surface area contributed by atoms with E-state index in [1.54, 1.807) is 13.2 Å². The first-order valence-electron chi connectivity index (χ1n) is 10.9. The number of benzene rings is 3. The van der Waals surface area contributed by atoms with Crippen molar-refractivity contribution in [3.05, 3.63) is 108 Å². The Labute approximate surface area is 201 Å². The third-order valence-corrected chi connectivity index (χ3v) is 5.48. The van der Waals surface area contributed by atoms with E-state index in [2.05, 4.69) is 4.99 Å². The Hall–Kier alpha value is -4.78. The molecular formula is C28H22N2O5. The number of aromatic nitrogens is 1. The molecule has 5 rings (SSSR count). The third kappa shape index (κ3) is 4.94. The van der Waals surface area contributed by atoms with Crippen LogP contribution < -0.4 is 9.47 Å². The molecule has 0 atom stereocenters. The van der Waals surface area contributed by atoms with Crippen LogP contribution in [0.1, 0.15) is 21.9 Å². The van der Waals surface area contributed by atoms with E-state index in [0.717, 1.165) is 27.9 Å². The Morgan fingerprint density at radius 1 is 0.971 bits per heavy atom. The predicted octanol–water partition coefficient (Wildman–Crippen LogP) is 6.53. The fraction of sp³-hybridized carbons (Fsp3) is 0.0714. The predicted molar refractivity (Wildman–Crippen MR) is 133 cm³/mol. The summed E-state index contributed by atoms with van der Waals surface area (Å²) < 4.78 is 18.6. The van der Waals surface area contributed by atoms with Crippen LogP contribution in [0.2, 0.25) is 0 Å². The van der Waals surface area contributed by atoms with Crippen molar-refractivity contribution in [2.45, 2.75) is 6.54 Å². The first-order chi connectivity index (χ1) is 17.1. The quantitative estimate of drug-likeness (QED) is 0.263. The van der Waals surface area contributed by atoms with E-state index in [1.165, 1.54) is 6.07 Å². The molecule has 2 aromatic heterocycles. The number of rotatable bonds is 8. The topological polar surface area (TPSA) is 86.2 Å². The number of aromatic carboxylic acids is 1. The second-order valence-corrected chi connectivity index (χ2v) is 7.83. The lowest BCUT2D eigenvalue weighted by atomic mass is 10.2. The summed E-state index contributed by atoms with van der Waals surface area (Å²) in [4.78, 5) is 15.7. The van der Waals surface area contributed by atoms with E-state index in [1.807, 2.05) is 89.8 Å². The van der Waals surface area contributed by atoms with Crippen LogP contribution in [0.15, 0.2) is 101 Å². The zero-order valence-electron chi connectivity index (χ0n) is 18.9. The molecule has 3 aromatic carbocycles. The highest BCUT2D eigenvalue weighted by molar-refractivity contribution is 6.00. The summed E-state index contributed by atoms with van der Waals surface area (Å²) in [5.41, 5.74) is 2.74. The second kappa shape index (κ2) is 9.61. The molecule has 174 valence electrons. The number of hydrogen-bond acceptors (Lipinski definition) is 5. The van der Waals surface area contributed by atoms with Crippen molar-refractivity contribution >= 4 is 28.8 Å². The Bertz CT molecular complexity index is 1510.